The molecule has 3 aromatic heterocycles. The molecule has 3 heterocycles. The molecule has 0 aliphatic carbocycles. The fraction of sp³-hybridized carbons (Fsp3) is 0.158. The number of anilines is 1. The molecule has 0 fully saturated rings. The van der Waals surface area contributed by atoms with Crippen molar-refractivity contribution < 1.29 is 0 Å². The van der Waals surface area contributed by atoms with E-state index in [1.54, 1.807) is 12.4 Å². The molecular formula is C19H16ClN5S2. The standard InChI is InChI=1S/C19H16ClN5S2/c1-2-25-18-15(27-19(25)26)17(22-10-12-5-7-14(20)8-6-12)23-16(24-18)13-4-3-9-21-11-13/h3-9,11H,2,10H2,1H3,(H,22,23,24). The summed E-state index contributed by atoms with van der Waals surface area (Å²) in [4.78, 5) is 13.7. The number of aryl methyl sites for hydroxylation is 1. The Morgan fingerprint density at radius 1 is 1.19 bits per heavy atom. The highest BCUT2D eigenvalue weighted by Crippen LogP contribution is 2.30. The highest BCUT2D eigenvalue weighted by molar-refractivity contribution is 7.73. The first kappa shape index (κ1) is 18.0. The molecule has 136 valence electrons. The number of pyridine rings is 1. The van der Waals surface area contributed by atoms with Gasteiger partial charge in [0.2, 0.25) is 0 Å². The molecule has 0 aliphatic rings. The number of benzene rings is 1. The molecule has 4 rings (SSSR count). The summed E-state index contributed by atoms with van der Waals surface area (Å²) in [6.45, 7) is 3.46. The van der Waals surface area contributed by atoms with Gasteiger partial charge in [-0.1, -0.05) is 35.1 Å². The topological polar surface area (TPSA) is 55.6 Å². The third-order valence-corrected chi connectivity index (χ3v) is 5.82. The molecule has 1 N–H and O–H groups in total. The van der Waals surface area contributed by atoms with E-state index < -0.39 is 0 Å². The zero-order chi connectivity index (χ0) is 18.8. The quantitative estimate of drug-likeness (QED) is 0.433. The van der Waals surface area contributed by atoms with Crippen molar-refractivity contribution in [2.45, 2.75) is 20.0 Å². The van der Waals surface area contributed by atoms with Gasteiger partial charge in [0.15, 0.2) is 15.4 Å². The fourth-order valence-corrected chi connectivity index (χ4v) is 4.31. The number of nitrogens with one attached hydrogen (secondary N) is 1. The SMILES string of the molecule is CCn1c(=S)sc2c(NCc3ccc(Cl)cc3)nc(-c3cccnc3)nc21. The molecule has 0 aliphatic heterocycles. The lowest BCUT2D eigenvalue weighted by atomic mass is 10.2. The Hall–Kier alpha value is -2.35. The Kier molecular flexibility index (Phi) is 5.15. The Bertz CT molecular complexity index is 1140. The van der Waals surface area contributed by atoms with Crippen LogP contribution in [0, 0.1) is 3.95 Å². The van der Waals surface area contributed by atoms with Crippen LogP contribution in [0.25, 0.3) is 21.7 Å². The summed E-state index contributed by atoms with van der Waals surface area (Å²) in [5.41, 5.74) is 2.83. The van der Waals surface area contributed by atoms with Gasteiger partial charge in [-0.3, -0.25) is 4.98 Å². The smallest absolute Gasteiger partial charge is 0.165 e. The second-order valence-corrected chi connectivity index (χ2v) is 7.96. The van der Waals surface area contributed by atoms with E-state index in [0.717, 1.165) is 42.8 Å². The van der Waals surface area contributed by atoms with Gasteiger partial charge in [0.05, 0.1) is 0 Å². The van der Waals surface area contributed by atoms with Gasteiger partial charge in [-0.05, 0) is 49.0 Å². The second-order valence-electron chi connectivity index (χ2n) is 5.88. The first-order valence-corrected chi connectivity index (χ1v) is 10.1. The maximum atomic E-state index is 5.97. The maximum Gasteiger partial charge on any atom is 0.165 e. The number of hydrogen-bond acceptors (Lipinski definition) is 6. The average Bonchev–Trinajstić information content (AvgIpc) is 3.03. The summed E-state index contributed by atoms with van der Waals surface area (Å²) in [6, 6.07) is 11.6. The van der Waals surface area contributed by atoms with E-state index in [1.165, 1.54) is 11.3 Å². The molecule has 0 radical (unpaired) electrons. The van der Waals surface area contributed by atoms with Crippen molar-refractivity contribution in [2.75, 3.05) is 5.32 Å². The van der Waals surface area contributed by atoms with Crippen LogP contribution in [0.4, 0.5) is 5.82 Å². The van der Waals surface area contributed by atoms with Crippen molar-refractivity contribution in [3.8, 4) is 11.4 Å². The summed E-state index contributed by atoms with van der Waals surface area (Å²) in [7, 11) is 0. The number of nitrogens with zero attached hydrogens (tertiary/aromatic N) is 4. The predicted molar refractivity (Wildman–Crippen MR) is 114 cm³/mol. The number of rotatable bonds is 5. The van der Waals surface area contributed by atoms with Crippen LogP contribution < -0.4 is 5.32 Å². The zero-order valence-corrected chi connectivity index (χ0v) is 16.9. The van der Waals surface area contributed by atoms with Gasteiger partial charge in [-0.25, -0.2) is 9.97 Å². The van der Waals surface area contributed by atoms with Gasteiger partial charge < -0.3 is 9.88 Å². The van der Waals surface area contributed by atoms with Gasteiger partial charge in [-0.15, -0.1) is 0 Å². The van der Waals surface area contributed by atoms with Crippen LogP contribution in [0.15, 0.2) is 48.8 Å². The van der Waals surface area contributed by atoms with E-state index in [1.807, 2.05) is 41.0 Å². The van der Waals surface area contributed by atoms with Gasteiger partial charge >= 0.3 is 0 Å². The minimum atomic E-state index is 0.629. The Morgan fingerprint density at radius 2 is 2.00 bits per heavy atom. The summed E-state index contributed by atoms with van der Waals surface area (Å²) in [5, 5.41) is 4.16. The van der Waals surface area contributed by atoms with Crippen LogP contribution in [0.1, 0.15) is 12.5 Å². The molecule has 0 amide bonds. The van der Waals surface area contributed by atoms with Crippen molar-refractivity contribution >= 4 is 51.3 Å². The lowest BCUT2D eigenvalue weighted by Crippen LogP contribution is -2.05. The van der Waals surface area contributed by atoms with E-state index in [2.05, 4.69) is 17.2 Å². The van der Waals surface area contributed by atoms with Crippen LogP contribution in [0.5, 0.6) is 0 Å². The van der Waals surface area contributed by atoms with Gasteiger partial charge in [0.25, 0.3) is 0 Å². The summed E-state index contributed by atoms with van der Waals surface area (Å²) in [5.74, 6) is 1.40. The first-order valence-electron chi connectivity index (χ1n) is 8.46. The van der Waals surface area contributed by atoms with Crippen molar-refractivity contribution in [3.63, 3.8) is 0 Å². The number of hydrogen-bond donors (Lipinski definition) is 1. The van der Waals surface area contributed by atoms with E-state index in [-0.39, 0.29) is 0 Å². The van der Waals surface area contributed by atoms with Crippen molar-refractivity contribution in [1.29, 1.82) is 0 Å². The Morgan fingerprint density at radius 3 is 2.70 bits per heavy atom. The number of fused-ring (bicyclic) bond motifs is 1. The summed E-state index contributed by atoms with van der Waals surface area (Å²) >= 11 is 13.0. The Balaban J connectivity index is 1.79. The molecule has 0 saturated carbocycles. The summed E-state index contributed by atoms with van der Waals surface area (Å²) in [6.07, 6.45) is 3.50. The van der Waals surface area contributed by atoms with Gasteiger partial charge in [-0.2, -0.15) is 0 Å². The van der Waals surface area contributed by atoms with E-state index in [4.69, 9.17) is 33.8 Å². The minimum Gasteiger partial charge on any atom is -0.365 e. The van der Waals surface area contributed by atoms with Crippen molar-refractivity contribution in [3.05, 3.63) is 63.3 Å². The number of halogens is 1. The molecule has 1 aromatic carbocycles. The van der Waals surface area contributed by atoms with Crippen LogP contribution >= 0.6 is 35.2 Å². The van der Waals surface area contributed by atoms with Crippen LogP contribution in [0.2, 0.25) is 5.02 Å². The largest absolute Gasteiger partial charge is 0.365 e. The second kappa shape index (κ2) is 7.72. The molecule has 0 unspecified atom stereocenters. The minimum absolute atomic E-state index is 0.629. The maximum absolute atomic E-state index is 5.97. The van der Waals surface area contributed by atoms with E-state index >= 15 is 0 Å². The third-order valence-electron chi connectivity index (χ3n) is 4.12. The van der Waals surface area contributed by atoms with Crippen molar-refractivity contribution in [1.82, 2.24) is 19.5 Å². The molecule has 8 heteroatoms. The van der Waals surface area contributed by atoms with Crippen molar-refractivity contribution in [2.24, 2.45) is 0 Å². The van der Waals surface area contributed by atoms with Gasteiger partial charge in [0.1, 0.15) is 10.5 Å². The fourth-order valence-electron chi connectivity index (χ4n) is 2.76. The van der Waals surface area contributed by atoms with E-state index in [9.17, 15) is 0 Å². The first-order chi connectivity index (χ1) is 13.2. The normalized spacial score (nSPS) is 11.0. The zero-order valence-electron chi connectivity index (χ0n) is 14.5. The lowest BCUT2D eigenvalue weighted by molar-refractivity contribution is 0.783. The highest BCUT2D eigenvalue weighted by atomic mass is 35.5. The van der Waals surface area contributed by atoms with Crippen LogP contribution in [-0.4, -0.2) is 19.5 Å². The Labute approximate surface area is 170 Å². The highest BCUT2D eigenvalue weighted by Gasteiger charge is 2.15. The molecule has 0 saturated heterocycles. The molecule has 27 heavy (non-hydrogen) atoms. The average molecular weight is 414 g/mol. The van der Waals surface area contributed by atoms with E-state index in [0.29, 0.717) is 12.4 Å². The predicted octanol–water partition coefficient (Wildman–Crippen LogP) is 5.57. The molecule has 0 atom stereocenters. The molecular weight excluding hydrogens is 398 g/mol. The number of thiazole rings is 1. The van der Waals surface area contributed by atoms with Crippen LogP contribution in [0.3, 0.4) is 0 Å². The molecule has 5 nitrogen and oxygen atoms in total. The van der Waals surface area contributed by atoms with Gasteiger partial charge in [0, 0.05) is 36.1 Å². The third kappa shape index (κ3) is 3.71. The lowest BCUT2D eigenvalue weighted by Gasteiger charge is -2.10. The number of aromatic nitrogens is 4. The molecule has 4 aromatic rings. The van der Waals surface area contributed by atoms with Crippen LogP contribution in [-0.2, 0) is 13.1 Å². The molecule has 0 spiro atoms. The molecule has 0 bridgehead atoms. The summed E-state index contributed by atoms with van der Waals surface area (Å²) < 4.78 is 3.78. The monoisotopic (exact) mass is 413 g/mol.